The smallest absolute Gasteiger partial charge is 0.289 e. The Bertz CT molecular complexity index is 876. The van der Waals surface area contributed by atoms with Gasteiger partial charge in [0.15, 0.2) is 5.76 Å². The van der Waals surface area contributed by atoms with Gasteiger partial charge in [0.05, 0.1) is 11.8 Å². The fourth-order valence-electron chi connectivity index (χ4n) is 2.90. The zero-order valence-electron chi connectivity index (χ0n) is 13.5. The van der Waals surface area contributed by atoms with Crippen molar-refractivity contribution in [3.8, 4) is 0 Å². The Morgan fingerprint density at radius 1 is 1.04 bits per heavy atom. The van der Waals surface area contributed by atoms with Crippen molar-refractivity contribution in [1.82, 2.24) is 14.9 Å². The van der Waals surface area contributed by atoms with Crippen molar-refractivity contribution >= 4 is 41.0 Å². The molecule has 8 heteroatoms. The van der Waals surface area contributed by atoms with Gasteiger partial charge in [0.1, 0.15) is 5.82 Å². The zero-order valence-corrected chi connectivity index (χ0v) is 14.3. The van der Waals surface area contributed by atoms with E-state index in [4.69, 9.17) is 10.2 Å². The largest absolute Gasteiger partial charge is 0.459 e. The molecule has 0 bridgehead atoms. The molecule has 0 spiro atoms. The third-order valence-electron chi connectivity index (χ3n) is 4.20. The summed E-state index contributed by atoms with van der Waals surface area (Å²) in [6.07, 6.45) is 1.51. The molecule has 0 saturated carbocycles. The zero-order chi connectivity index (χ0) is 16.5. The van der Waals surface area contributed by atoms with Crippen LogP contribution in [-0.4, -0.2) is 47.0 Å². The number of nitrogens with zero attached hydrogens (tertiary/aromatic N) is 4. The van der Waals surface area contributed by atoms with Gasteiger partial charge in [0, 0.05) is 31.6 Å². The van der Waals surface area contributed by atoms with E-state index in [1.54, 1.807) is 17.0 Å². The molecule has 130 valence electrons. The minimum Gasteiger partial charge on any atom is -0.459 e. The number of nitrogens with two attached hydrogens (primary N) is 1. The lowest BCUT2D eigenvalue weighted by atomic mass is 10.2. The number of hydrogen-bond donors (Lipinski definition) is 1. The fourth-order valence-corrected chi connectivity index (χ4v) is 2.90. The average molecular weight is 360 g/mol. The number of aromatic nitrogens is 2. The lowest BCUT2D eigenvalue weighted by molar-refractivity contribution is 0.0714. The summed E-state index contributed by atoms with van der Waals surface area (Å²) >= 11 is 0. The number of anilines is 2. The molecule has 0 radical (unpaired) electrons. The number of halogens is 1. The second-order valence-corrected chi connectivity index (χ2v) is 5.68. The SMILES string of the molecule is Cl.Nc1nc(N2CCN(C(=O)c3ccco3)CC2)nc2ccccc12. The second-order valence-electron chi connectivity index (χ2n) is 5.68. The van der Waals surface area contributed by atoms with Crippen LogP contribution < -0.4 is 10.6 Å². The number of carbonyl (C=O) groups is 1. The summed E-state index contributed by atoms with van der Waals surface area (Å²) in [5, 5.41) is 0.855. The van der Waals surface area contributed by atoms with Gasteiger partial charge in [0.25, 0.3) is 5.91 Å². The molecule has 1 fully saturated rings. The molecule has 0 unspecified atom stereocenters. The number of benzene rings is 1. The van der Waals surface area contributed by atoms with E-state index in [0.717, 1.165) is 10.9 Å². The predicted octanol–water partition coefficient (Wildman–Crippen LogP) is 2.19. The van der Waals surface area contributed by atoms with Gasteiger partial charge in [-0.1, -0.05) is 12.1 Å². The van der Waals surface area contributed by atoms with E-state index < -0.39 is 0 Å². The molecular weight excluding hydrogens is 342 g/mol. The summed E-state index contributed by atoms with van der Waals surface area (Å²) in [5.74, 6) is 1.37. The van der Waals surface area contributed by atoms with Gasteiger partial charge in [-0.25, -0.2) is 4.98 Å². The number of para-hydroxylation sites is 1. The Hall–Kier alpha value is -2.80. The molecule has 4 rings (SSSR count). The summed E-state index contributed by atoms with van der Waals surface area (Å²) in [5.41, 5.74) is 6.88. The van der Waals surface area contributed by atoms with E-state index in [1.807, 2.05) is 24.3 Å². The first kappa shape index (κ1) is 17.0. The van der Waals surface area contributed by atoms with Crippen molar-refractivity contribution < 1.29 is 9.21 Å². The first-order chi connectivity index (χ1) is 11.7. The van der Waals surface area contributed by atoms with Crippen LogP contribution in [0.25, 0.3) is 10.9 Å². The van der Waals surface area contributed by atoms with Gasteiger partial charge < -0.3 is 20.0 Å². The topological polar surface area (TPSA) is 88.5 Å². The lowest BCUT2D eigenvalue weighted by Gasteiger charge is -2.34. The van der Waals surface area contributed by atoms with Crippen molar-refractivity contribution in [2.75, 3.05) is 36.8 Å². The van der Waals surface area contributed by atoms with E-state index in [9.17, 15) is 4.79 Å². The fraction of sp³-hybridized carbons (Fsp3) is 0.235. The molecule has 0 atom stereocenters. The van der Waals surface area contributed by atoms with Crippen molar-refractivity contribution in [3.63, 3.8) is 0 Å². The highest BCUT2D eigenvalue weighted by Crippen LogP contribution is 2.22. The minimum absolute atomic E-state index is 0. The lowest BCUT2D eigenvalue weighted by Crippen LogP contribution is -2.49. The molecule has 1 aliphatic rings. The molecule has 1 aliphatic heterocycles. The van der Waals surface area contributed by atoms with Crippen molar-refractivity contribution in [3.05, 3.63) is 48.4 Å². The van der Waals surface area contributed by atoms with Crippen LogP contribution in [0.4, 0.5) is 11.8 Å². The summed E-state index contributed by atoms with van der Waals surface area (Å²) in [6.45, 7) is 2.50. The van der Waals surface area contributed by atoms with Crippen LogP contribution >= 0.6 is 12.4 Å². The molecule has 2 N–H and O–H groups in total. The van der Waals surface area contributed by atoms with Crippen LogP contribution in [0.5, 0.6) is 0 Å². The number of fused-ring (bicyclic) bond motifs is 1. The Labute approximate surface area is 150 Å². The molecule has 7 nitrogen and oxygen atoms in total. The van der Waals surface area contributed by atoms with Gasteiger partial charge in [0.2, 0.25) is 5.95 Å². The first-order valence-corrected chi connectivity index (χ1v) is 7.82. The molecule has 1 aromatic carbocycles. The van der Waals surface area contributed by atoms with E-state index in [1.165, 1.54) is 6.26 Å². The third kappa shape index (κ3) is 3.23. The molecule has 1 saturated heterocycles. The van der Waals surface area contributed by atoms with Crippen molar-refractivity contribution in [2.24, 2.45) is 0 Å². The predicted molar refractivity (Wildman–Crippen MR) is 98.0 cm³/mol. The molecule has 25 heavy (non-hydrogen) atoms. The minimum atomic E-state index is -0.0846. The molecule has 3 aromatic rings. The normalized spacial score (nSPS) is 14.4. The number of amides is 1. The molecule has 3 heterocycles. The highest BCUT2D eigenvalue weighted by atomic mass is 35.5. The van der Waals surface area contributed by atoms with Crippen LogP contribution in [0.1, 0.15) is 10.6 Å². The molecular formula is C17H18ClN5O2. The first-order valence-electron chi connectivity index (χ1n) is 7.82. The van der Waals surface area contributed by atoms with Gasteiger partial charge in [-0.3, -0.25) is 4.79 Å². The van der Waals surface area contributed by atoms with Gasteiger partial charge >= 0.3 is 0 Å². The van der Waals surface area contributed by atoms with Crippen molar-refractivity contribution in [2.45, 2.75) is 0 Å². The van der Waals surface area contributed by atoms with Gasteiger partial charge in [-0.15, -0.1) is 12.4 Å². The van der Waals surface area contributed by atoms with Crippen LogP contribution in [0.15, 0.2) is 47.1 Å². The van der Waals surface area contributed by atoms with Crippen LogP contribution in [0.3, 0.4) is 0 Å². The maximum atomic E-state index is 12.3. The number of piperazine rings is 1. The highest BCUT2D eigenvalue weighted by Gasteiger charge is 2.25. The number of rotatable bonds is 2. The summed E-state index contributed by atoms with van der Waals surface area (Å²) in [6, 6.07) is 11.1. The average Bonchev–Trinajstić information content (AvgIpc) is 3.16. The Morgan fingerprint density at radius 3 is 2.52 bits per heavy atom. The van der Waals surface area contributed by atoms with E-state index in [2.05, 4.69) is 14.9 Å². The molecule has 2 aromatic heterocycles. The quantitative estimate of drug-likeness (QED) is 0.754. The van der Waals surface area contributed by atoms with Crippen LogP contribution in [-0.2, 0) is 0 Å². The van der Waals surface area contributed by atoms with Crippen LogP contribution in [0, 0.1) is 0 Å². The van der Waals surface area contributed by atoms with E-state index in [-0.39, 0.29) is 18.3 Å². The monoisotopic (exact) mass is 359 g/mol. The summed E-state index contributed by atoms with van der Waals surface area (Å²) < 4.78 is 5.18. The van der Waals surface area contributed by atoms with Crippen LogP contribution in [0.2, 0.25) is 0 Å². The number of nitrogen functional groups attached to an aromatic ring is 1. The number of carbonyl (C=O) groups excluding carboxylic acids is 1. The maximum absolute atomic E-state index is 12.3. The van der Waals surface area contributed by atoms with Gasteiger partial charge in [-0.05, 0) is 24.3 Å². The Morgan fingerprint density at radius 2 is 1.80 bits per heavy atom. The number of hydrogen-bond acceptors (Lipinski definition) is 6. The van der Waals surface area contributed by atoms with E-state index >= 15 is 0 Å². The summed E-state index contributed by atoms with van der Waals surface area (Å²) in [7, 11) is 0. The van der Waals surface area contributed by atoms with E-state index in [0.29, 0.717) is 43.7 Å². The molecule has 0 aliphatic carbocycles. The maximum Gasteiger partial charge on any atom is 0.289 e. The number of furan rings is 1. The Balaban J connectivity index is 0.00000182. The standard InChI is InChI=1S/C17H17N5O2.ClH/c18-15-12-4-1-2-5-13(12)19-17(20-15)22-9-7-21(8-10-22)16(23)14-6-3-11-24-14;/h1-6,11H,7-10H2,(H2,18,19,20);1H. The summed E-state index contributed by atoms with van der Waals surface area (Å²) in [4.78, 5) is 25.1. The highest BCUT2D eigenvalue weighted by molar-refractivity contribution is 5.91. The molecule has 1 amide bonds. The second kappa shape index (κ2) is 6.98. The third-order valence-corrected chi connectivity index (χ3v) is 4.20. The van der Waals surface area contributed by atoms with Gasteiger partial charge in [-0.2, -0.15) is 4.98 Å². The Kier molecular flexibility index (Phi) is 4.76. The van der Waals surface area contributed by atoms with Crippen molar-refractivity contribution in [1.29, 1.82) is 0 Å².